The number of sulfonamides is 1. The van der Waals surface area contributed by atoms with Crippen molar-refractivity contribution in [2.45, 2.75) is 25.7 Å². The Balaban J connectivity index is 1.54. The lowest BCUT2D eigenvalue weighted by Gasteiger charge is -2.26. The highest BCUT2D eigenvalue weighted by atomic mass is 32.2. The van der Waals surface area contributed by atoms with E-state index in [1.807, 2.05) is 36.6 Å². The van der Waals surface area contributed by atoms with E-state index in [1.54, 1.807) is 19.1 Å². The number of hydrazone groups is 1. The van der Waals surface area contributed by atoms with Crippen molar-refractivity contribution in [3.63, 3.8) is 0 Å². The molecule has 12 nitrogen and oxygen atoms in total. The first-order valence-electron chi connectivity index (χ1n) is 12.3. The van der Waals surface area contributed by atoms with E-state index in [-0.39, 0.29) is 42.9 Å². The molecular weight excluding hydrogens is 526 g/mol. The molecular formula is C26H29N5O7S. The molecule has 1 aliphatic heterocycles. The molecule has 0 saturated carbocycles. The first-order chi connectivity index (χ1) is 18.6. The number of carbonyl (C=O) groups is 1. The van der Waals surface area contributed by atoms with Gasteiger partial charge in [-0.05, 0) is 63.2 Å². The Bertz CT molecular complexity index is 1510. The zero-order valence-electron chi connectivity index (χ0n) is 21.8. The van der Waals surface area contributed by atoms with Crippen LogP contribution in [0.15, 0.2) is 58.5 Å². The van der Waals surface area contributed by atoms with E-state index in [0.717, 1.165) is 28.7 Å². The van der Waals surface area contributed by atoms with Gasteiger partial charge in [0.1, 0.15) is 5.69 Å². The van der Waals surface area contributed by atoms with Crippen molar-refractivity contribution in [1.29, 1.82) is 0 Å². The van der Waals surface area contributed by atoms with Crippen LogP contribution in [-0.2, 0) is 19.5 Å². The number of anilines is 1. The van der Waals surface area contributed by atoms with Crippen LogP contribution in [0.1, 0.15) is 34.2 Å². The number of benzene rings is 2. The van der Waals surface area contributed by atoms with E-state index in [9.17, 15) is 23.3 Å². The minimum Gasteiger partial charge on any atom is -0.462 e. The van der Waals surface area contributed by atoms with Crippen LogP contribution >= 0.6 is 0 Å². The van der Waals surface area contributed by atoms with Crippen LogP contribution in [0.5, 0.6) is 0 Å². The van der Waals surface area contributed by atoms with Crippen molar-refractivity contribution < 1.29 is 27.6 Å². The van der Waals surface area contributed by atoms with E-state index in [1.165, 1.54) is 22.7 Å². The molecule has 2 aromatic carbocycles. The number of nitrogens with one attached hydrogen (secondary N) is 1. The summed E-state index contributed by atoms with van der Waals surface area (Å²) >= 11 is 0. The van der Waals surface area contributed by atoms with Gasteiger partial charge in [0.05, 0.1) is 41.4 Å². The number of carbonyl (C=O) groups excluding carboxylic acids is 1. The van der Waals surface area contributed by atoms with Crippen LogP contribution in [0.4, 0.5) is 11.4 Å². The Hall–Kier alpha value is -4.07. The fraction of sp³-hybridized carbons (Fsp3) is 0.308. The fourth-order valence-electron chi connectivity index (χ4n) is 4.30. The largest absolute Gasteiger partial charge is 0.462 e. The third-order valence-electron chi connectivity index (χ3n) is 6.27. The number of hydrogen-bond acceptors (Lipinski definition) is 9. The quantitative estimate of drug-likeness (QED) is 0.182. The molecule has 0 bridgehead atoms. The Morgan fingerprint density at radius 1 is 1.15 bits per heavy atom. The number of aromatic nitrogens is 1. The van der Waals surface area contributed by atoms with Crippen LogP contribution in [0.3, 0.4) is 0 Å². The number of rotatable bonds is 9. The zero-order chi connectivity index (χ0) is 28.2. The van der Waals surface area contributed by atoms with E-state index < -0.39 is 20.6 Å². The zero-order valence-corrected chi connectivity index (χ0v) is 22.6. The lowest BCUT2D eigenvalue weighted by Crippen LogP contribution is -2.40. The standard InChI is InChI=1S/C26H29N5O7S/c1-4-38-26(32)20-5-7-22(8-6-20)30-18(2)15-21(19(30)3)17-27-28-24-10-9-23(16-25(24)31(33)34)39(35,36)29-11-13-37-14-12-29/h5-10,15-17,28H,4,11-14H2,1-3H3/b27-17-. The molecule has 0 atom stereocenters. The number of esters is 1. The average molecular weight is 556 g/mol. The molecule has 0 radical (unpaired) electrons. The predicted octanol–water partition coefficient (Wildman–Crippen LogP) is 3.65. The summed E-state index contributed by atoms with van der Waals surface area (Å²) in [6.07, 6.45) is 1.54. The highest BCUT2D eigenvalue weighted by molar-refractivity contribution is 7.89. The van der Waals surface area contributed by atoms with Crippen molar-refractivity contribution in [2.24, 2.45) is 5.10 Å². The van der Waals surface area contributed by atoms with Crippen LogP contribution in [0, 0.1) is 24.0 Å². The lowest BCUT2D eigenvalue weighted by atomic mass is 10.2. The smallest absolute Gasteiger partial charge is 0.338 e. The van der Waals surface area contributed by atoms with Gasteiger partial charge in [0.25, 0.3) is 5.69 Å². The van der Waals surface area contributed by atoms with E-state index in [4.69, 9.17) is 9.47 Å². The first kappa shape index (κ1) is 28.0. The van der Waals surface area contributed by atoms with Crippen LogP contribution in [-0.4, -0.2) is 67.3 Å². The number of aryl methyl sites for hydroxylation is 1. The number of morpholine rings is 1. The Morgan fingerprint density at radius 3 is 2.49 bits per heavy atom. The topological polar surface area (TPSA) is 145 Å². The molecule has 39 heavy (non-hydrogen) atoms. The summed E-state index contributed by atoms with van der Waals surface area (Å²) in [5.74, 6) is -0.385. The third kappa shape index (κ3) is 6.00. The van der Waals surface area contributed by atoms with Crippen molar-refractivity contribution in [1.82, 2.24) is 8.87 Å². The summed E-state index contributed by atoms with van der Waals surface area (Å²) in [6, 6.07) is 12.6. The van der Waals surface area contributed by atoms with Crippen molar-refractivity contribution in [3.8, 4) is 5.69 Å². The maximum atomic E-state index is 12.9. The summed E-state index contributed by atoms with van der Waals surface area (Å²) in [7, 11) is -3.89. The summed E-state index contributed by atoms with van der Waals surface area (Å²) in [5.41, 5.74) is 6.17. The van der Waals surface area contributed by atoms with Crippen molar-refractivity contribution in [2.75, 3.05) is 38.3 Å². The van der Waals surface area contributed by atoms with Gasteiger partial charge in [-0.2, -0.15) is 9.41 Å². The molecule has 1 aliphatic rings. The van der Waals surface area contributed by atoms with Crippen molar-refractivity contribution in [3.05, 3.63) is 81.2 Å². The molecule has 1 aromatic heterocycles. The molecule has 1 fully saturated rings. The highest BCUT2D eigenvalue weighted by Crippen LogP contribution is 2.29. The third-order valence-corrected chi connectivity index (χ3v) is 8.16. The van der Waals surface area contributed by atoms with Crippen LogP contribution in [0.2, 0.25) is 0 Å². The second kappa shape index (κ2) is 11.8. The van der Waals surface area contributed by atoms with Gasteiger partial charge in [-0.1, -0.05) is 0 Å². The molecule has 2 heterocycles. The summed E-state index contributed by atoms with van der Waals surface area (Å²) in [6.45, 7) is 6.80. The normalized spacial score (nSPS) is 14.4. The molecule has 0 unspecified atom stereocenters. The number of hydrogen-bond donors (Lipinski definition) is 1. The Morgan fingerprint density at radius 2 is 1.85 bits per heavy atom. The Labute approximate surface area is 226 Å². The SMILES string of the molecule is CCOC(=O)c1ccc(-n2c(C)cc(/C=N\Nc3ccc(S(=O)(=O)N4CCOCC4)cc3[N+](=O)[O-])c2C)cc1. The molecule has 1 saturated heterocycles. The number of nitro groups is 1. The maximum absolute atomic E-state index is 12.9. The molecule has 1 N–H and O–H groups in total. The number of nitro benzene ring substituents is 1. The fourth-order valence-corrected chi connectivity index (χ4v) is 5.73. The number of nitrogens with zero attached hydrogens (tertiary/aromatic N) is 4. The van der Waals surface area contributed by atoms with Gasteiger partial charge in [-0.3, -0.25) is 15.5 Å². The van der Waals surface area contributed by atoms with Gasteiger partial charge in [0.15, 0.2) is 0 Å². The molecule has 13 heteroatoms. The number of ether oxygens (including phenoxy) is 2. The maximum Gasteiger partial charge on any atom is 0.338 e. The van der Waals surface area contributed by atoms with Crippen LogP contribution < -0.4 is 5.43 Å². The van der Waals surface area contributed by atoms with Crippen LogP contribution in [0.25, 0.3) is 5.69 Å². The van der Waals surface area contributed by atoms with E-state index >= 15 is 0 Å². The summed E-state index contributed by atoms with van der Waals surface area (Å²) < 4.78 is 39.3. The predicted molar refractivity (Wildman–Crippen MR) is 145 cm³/mol. The molecule has 3 aromatic rings. The first-order valence-corrected chi connectivity index (χ1v) is 13.7. The lowest BCUT2D eigenvalue weighted by molar-refractivity contribution is -0.384. The molecule has 4 rings (SSSR count). The second-order valence-corrected chi connectivity index (χ2v) is 10.7. The second-order valence-electron chi connectivity index (χ2n) is 8.75. The minimum absolute atomic E-state index is 0.0561. The van der Waals surface area contributed by atoms with Gasteiger partial charge >= 0.3 is 5.97 Å². The minimum atomic E-state index is -3.89. The van der Waals surface area contributed by atoms with Gasteiger partial charge < -0.3 is 14.0 Å². The monoisotopic (exact) mass is 555 g/mol. The molecule has 0 amide bonds. The summed E-state index contributed by atoms with van der Waals surface area (Å²) in [4.78, 5) is 22.9. The summed E-state index contributed by atoms with van der Waals surface area (Å²) in [5, 5.41) is 15.9. The van der Waals surface area contributed by atoms with Crippen molar-refractivity contribution >= 4 is 33.6 Å². The van der Waals surface area contributed by atoms with E-state index in [2.05, 4.69) is 10.5 Å². The average Bonchev–Trinajstić information content (AvgIpc) is 3.21. The molecule has 0 spiro atoms. The highest BCUT2D eigenvalue weighted by Gasteiger charge is 2.29. The molecule has 206 valence electrons. The Kier molecular flexibility index (Phi) is 8.43. The molecule has 0 aliphatic carbocycles. The van der Waals surface area contributed by atoms with Gasteiger partial charge in [0, 0.05) is 41.8 Å². The van der Waals surface area contributed by atoms with E-state index in [0.29, 0.717) is 12.2 Å². The van der Waals surface area contributed by atoms with Gasteiger partial charge in [-0.25, -0.2) is 13.2 Å². The van der Waals surface area contributed by atoms with Gasteiger partial charge in [-0.15, -0.1) is 0 Å². The van der Waals surface area contributed by atoms with Gasteiger partial charge in [0.2, 0.25) is 10.0 Å².